The van der Waals surface area contributed by atoms with E-state index in [2.05, 4.69) is 10.3 Å². The smallest absolute Gasteiger partial charge is 0.416 e. The van der Waals surface area contributed by atoms with E-state index in [1.165, 1.54) is 12.1 Å². The van der Waals surface area contributed by atoms with E-state index in [1.54, 1.807) is 0 Å². The fourth-order valence-electron chi connectivity index (χ4n) is 2.81. The van der Waals surface area contributed by atoms with Crippen molar-refractivity contribution in [2.45, 2.75) is 25.1 Å². The van der Waals surface area contributed by atoms with Gasteiger partial charge in [0.05, 0.1) is 17.7 Å². The topological polar surface area (TPSA) is 33.6 Å². The maximum absolute atomic E-state index is 12.7. The van der Waals surface area contributed by atoms with Crippen LogP contribution in [0.25, 0.3) is 11.1 Å². The molecule has 0 bridgehead atoms. The van der Waals surface area contributed by atoms with E-state index in [0.717, 1.165) is 53.2 Å². The van der Waals surface area contributed by atoms with Crippen LogP contribution in [0.2, 0.25) is 0 Å². The number of alkyl halides is 3. The van der Waals surface area contributed by atoms with E-state index in [-0.39, 0.29) is 0 Å². The molecule has 1 saturated carbocycles. The van der Waals surface area contributed by atoms with Crippen LogP contribution >= 0.6 is 0 Å². The predicted molar refractivity (Wildman–Crippen MR) is 89.9 cm³/mol. The number of amidine groups is 1. The molecule has 6 heteroatoms. The number of nitrogens with zero attached hydrogens (tertiary/aromatic N) is 1. The average molecular weight is 346 g/mol. The van der Waals surface area contributed by atoms with Crippen LogP contribution in [0.4, 0.5) is 13.2 Å². The first-order valence-electron chi connectivity index (χ1n) is 8.26. The molecule has 0 atom stereocenters. The van der Waals surface area contributed by atoms with Crippen LogP contribution in [0.5, 0.6) is 5.75 Å². The van der Waals surface area contributed by atoms with Crippen molar-refractivity contribution in [3.8, 4) is 16.9 Å². The van der Waals surface area contributed by atoms with Crippen LogP contribution in [0.1, 0.15) is 24.0 Å². The predicted octanol–water partition coefficient (Wildman–Crippen LogP) is 4.26. The fourth-order valence-corrected chi connectivity index (χ4v) is 2.81. The number of hydrogen-bond acceptors (Lipinski definition) is 3. The molecule has 0 spiro atoms. The largest absolute Gasteiger partial charge is 0.491 e. The normalized spacial score (nSPS) is 17.2. The van der Waals surface area contributed by atoms with Gasteiger partial charge in [0.1, 0.15) is 18.2 Å². The van der Waals surface area contributed by atoms with E-state index in [4.69, 9.17) is 4.74 Å². The van der Waals surface area contributed by atoms with Crippen LogP contribution in [-0.4, -0.2) is 25.0 Å². The van der Waals surface area contributed by atoms with Crippen molar-refractivity contribution >= 4 is 5.84 Å². The first kappa shape index (κ1) is 16.0. The number of ether oxygens (including phenoxy) is 1. The molecule has 3 nitrogen and oxygen atoms in total. The third-order valence-corrected chi connectivity index (χ3v) is 4.32. The van der Waals surface area contributed by atoms with Gasteiger partial charge in [-0.25, -0.2) is 0 Å². The Hall–Kier alpha value is -2.50. The monoisotopic (exact) mass is 346 g/mol. The van der Waals surface area contributed by atoms with Gasteiger partial charge < -0.3 is 10.1 Å². The third kappa shape index (κ3) is 3.48. The Morgan fingerprint density at radius 3 is 2.40 bits per heavy atom. The minimum Gasteiger partial charge on any atom is -0.491 e. The summed E-state index contributed by atoms with van der Waals surface area (Å²) in [5, 5.41) is 3.42. The van der Waals surface area contributed by atoms with Crippen LogP contribution in [0.15, 0.2) is 47.5 Å². The highest BCUT2D eigenvalue weighted by Crippen LogP contribution is 2.33. The zero-order valence-electron chi connectivity index (χ0n) is 13.4. The number of aliphatic imine (C=N–C) groups is 1. The molecule has 0 saturated heterocycles. The molecular formula is C19H17F3N2O. The lowest BCUT2D eigenvalue weighted by Gasteiger charge is -2.13. The summed E-state index contributed by atoms with van der Waals surface area (Å²) in [6.45, 7) is 1.10. The number of fused-ring (bicyclic) bond motifs is 1. The molecule has 4 rings (SSSR count). The second-order valence-corrected chi connectivity index (χ2v) is 6.28. The quantitative estimate of drug-likeness (QED) is 0.881. The second kappa shape index (κ2) is 6.10. The van der Waals surface area contributed by atoms with Crippen LogP contribution in [-0.2, 0) is 6.18 Å². The molecule has 25 heavy (non-hydrogen) atoms. The lowest BCUT2D eigenvalue weighted by atomic mass is 10.0. The van der Waals surface area contributed by atoms with Gasteiger partial charge in [0.15, 0.2) is 0 Å². The summed E-state index contributed by atoms with van der Waals surface area (Å²) >= 11 is 0. The maximum Gasteiger partial charge on any atom is 0.416 e. The van der Waals surface area contributed by atoms with E-state index in [9.17, 15) is 13.2 Å². The van der Waals surface area contributed by atoms with Crippen LogP contribution < -0.4 is 10.1 Å². The van der Waals surface area contributed by atoms with Gasteiger partial charge in [-0.1, -0.05) is 18.2 Å². The Bertz CT molecular complexity index is 808. The molecule has 0 unspecified atom stereocenters. The van der Waals surface area contributed by atoms with Crippen molar-refractivity contribution in [3.05, 3.63) is 53.6 Å². The van der Waals surface area contributed by atoms with E-state index in [0.29, 0.717) is 19.2 Å². The van der Waals surface area contributed by atoms with E-state index < -0.39 is 11.7 Å². The molecule has 0 radical (unpaired) electrons. The number of rotatable bonds is 2. The Kier molecular flexibility index (Phi) is 3.90. The molecule has 1 aliphatic carbocycles. The zero-order chi connectivity index (χ0) is 17.4. The highest BCUT2D eigenvalue weighted by molar-refractivity contribution is 6.02. The van der Waals surface area contributed by atoms with Gasteiger partial charge in [-0.05, 0) is 48.2 Å². The minimum absolute atomic E-state index is 0.458. The summed E-state index contributed by atoms with van der Waals surface area (Å²) in [5.74, 6) is 1.56. The van der Waals surface area contributed by atoms with Crippen molar-refractivity contribution in [1.29, 1.82) is 0 Å². The van der Waals surface area contributed by atoms with Gasteiger partial charge in [0.25, 0.3) is 0 Å². The van der Waals surface area contributed by atoms with E-state index in [1.807, 2.05) is 18.2 Å². The third-order valence-electron chi connectivity index (χ3n) is 4.32. The number of hydrogen-bond donors (Lipinski definition) is 1. The summed E-state index contributed by atoms with van der Waals surface area (Å²) in [4.78, 5) is 4.56. The molecule has 1 fully saturated rings. The number of benzene rings is 2. The van der Waals surface area contributed by atoms with Crippen molar-refractivity contribution < 1.29 is 17.9 Å². The fraction of sp³-hybridized carbons (Fsp3) is 0.316. The summed E-state index contributed by atoms with van der Waals surface area (Å²) in [6.07, 6.45) is -2.06. The highest BCUT2D eigenvalue weighted by Gasteiger charge is 2.30. The maximum atomic E-state index is 12.7. The second-order valence-electron chi connectivity index (χ2n) is 6.28. The molecule has 2 aliphatic rings. The number of halogens is 3. The van der Waals surface area contributed by atoms with Crippen molar-refractivity contribution in [1.82, 2.24) is 5.32 Å². The Labute approximate surface area is 143 Å². The summed E-state index contributed by atoms with van der Waals surface area (Å²) < 4.78 is 43.9. The number of nitrogens with one attached hydrogen (secondary N) is 1. The molecule has 0 amide bonds. The van der Waals surface area contributed by atoms with Gasteiger partial charge in [-0.3, -0.25) is 4.99 Å². The molecular weight excluding hydrogens is 329 g/mol. The van der Waals surface area contributed by atoms with E-state index >= 15 is 0 Å². The summed E-state index contributed by atoms with van der Waals surface area (Å²) in [6, 6.07) is 11.3. The van der Waals surface area contributed by atoms with Gasteiger partial charge in [-0.2, -0.15) is 13.2 Å². The van der Waals surface area contributed by atoms with Gasteiger partial charge in [-0.15, -0.1) is 0 Å². The lowest BCUT2D eigenvalue weighted by molar-refractivity contribution is -0.137. The first-order chi connectivity index (χ1) is 12.0. The highest BCUT2D eigenvalue weighted by atomic mass is 19.4. The Morgan fingerprint density at radius 2 is 1.72 bits per heavy atom. The average Bonchev–Trinajstić information content (AvgIpc) is 3.42. The molecule has 2 aromatic rings. The Balaban J connectivity index is 1.68. The molecule has 2 aromatic carbocycles. The molecule has 1 heterocycles. The van der Waals surface area contributed by atoms with Gasteiger partial charge >= 0.3 is 6.18 Å². The molecule has 130 valence electrons. The van der Waals surface area contributed by atoms with Crippen molar-refractivity contribution in [3.63, 3.8) is 0 Å². The van der Waals surface area contributed by atoms with Crippen LogP contribution in [0.3, 0.4) is 0 Å². The van der Waals surface area contributed by atoms with Crippen molar-refractivity contribution in [2.75, 3.05) is 13.2 Å². The minimum atomic E-state index is -4.33. The SMILES string of the molecule is FC(F)(F)c1ccc(-c2ccc3c(c2)C(NC2CC2)=NCCO3)cc1. The molecule has 1 aliphatic heterocycles. The molecule has 0 aromatic heterocycles. The van der Waals surface area contributed by atoms with Crippen molar-refractivity contribution in [2.24, 2.45) is 4.99 Å². The molecule has 1 N–H and O–H groups in total. The summed E-state index contributed by atoms with van der Waals surface area (Å²) in [7, 11) is 0. The summed E-state index contributed by atoms with van der Waals surface area (Å²) in [5.41, 5.74) is 1.78. The van der Waals surface area contributed by atoms with Crippen LogP contribution in [0, 0.1) is 0 Å². The lowest BCUT2D eigenvalue weighted by Crippen LogP contribution is -2.26. The Morgan fingerprint density at radius 1 is 1.00 bits per heavy atom. The zero-order valence-corrected chi connectivity index (χ0v) is 13.4. The standard InChI is InChI=1S/C19H17F3N2O/c20-19(21,22)14-4-1-12(2-5-14)13-3-8-17-16(11-13)18(23-9-10-25-17)24-15-6-7-15/h1-5,8,11,15H,6-7,9-10H2,(H,23,24). The first-order valence-corrected chi connectivity index (χ1v) is 8.26. The van der Waals surface area contributed by atoms with Gasteiger partial charge in [0, 0.05) is 6.04 Å². The van der Waals surface area contributed by atoms with Gasteiger partial charge in [0.2, 0.25) is 0 Å².